The number of nitrogens with two attached hydrogens (primary N) is 1. The van der Waals surface area contributed by atoms with Crippen molar-refractivity contribution in [3.63, 3.8) is 0 Å². The first-order chi connectivity index (χ1) is 14.8. The second-order valence-electron chi connectivity index (χ2n) is 8.59. The largest absolute Gasteiger partial charge is 0.506 e. The number of rotatable bonds is 5. The summed E-state index contributed by atoms with van der Waals surface area (Å²) in [6.07, 6.45) is 3.23. The van der Waals surface area contributed by atoms with Crippen molar-refractivity contribution in [3.8, 4) is 5.75 Å². The number of phenolic OH excluding ortho intramolecular Hbond substituents is 1. The van der Waals surface area contributed by atoms with Crippen LogP contribution in [0.5, 0.6) is 5.75 Å². The normalized spacial score (nSPS) is 19.1. The van der Waals surface area contributed by atoms with Crippen LogP contribution in [-0.4, -0.2) is 53.3 Å². The summed E-state index contributed by atoms with van der Waals surface area (Å²) in [5, 5.41) is 10.9. The summed E-state index contributed by atoms with van der Waals surface area (Å²) in [7, 11) is 0. The number of amides is 1. The Balaban J connectivity index is 1.38. The maximum Gasteiger partial charge on any atom is 0.254 e. The zero-order valence-electron chi connectivity index (χ0n) is 17.1. The lowest BCUT2D eigenvalue weighted by Crippen LogP contribution is -2.62. The van der Waals surface area contributed by atoms with E-state index in [0.29, 0.717) is 35.1 Å². The van der Waals surface area contributed by atoms with E-state index in [1.807, 2.05) is 17.0 Å². The zero-order chi connectivity index (χ0) is 22.2. The van der Waals surface area contributed by atoms with Crippen LogP contribution in [0.25, 0.3) is 0 Å². The first-order valence-corrected chi connectivity index (χ1v) is 11.1. The molecule has 2 aliphatic rings. The highest BCUT2D eigenvalue weighted by Gasteiger charge is 2.47. The molecule has 2 aromatic rings. The van der Waals surface area contributed by atoms with Crippen molar-refractivity contribution >= 4 is 41.1 Å². The molecule has 6 nitrogen and oxygen atoms in total. The van der Waals surface area contributed by atoms with Crippen LogP contribution in [0, 0.1) is 5.41 Å². The molecule has 0 aromatic heterocycles. The van der Waals surface area contributed by atoms with Crippen molar-refractivity contribution in [2.75, 3.05) is 31.9 Å². The van der Waals surface area contributed by atoms with Crippen molar-refractivity contribution < 1.29 is 14.7 Å². The van der Waals surface area contributed by atoms with Gasteiger partial charge in [0.1, 0.15) is 12.0 Å². The van der Waals surface area contributed by atoms with Crippen LogP contribution in [-0.2, 0) is 4.79 Å². The van der Waals surface area contributed by atoms with Gasteiger partial charge < -0.3 is 20.5 Å². The Kier molecular flexibility index (Phi) is 6.15. The molecule has 0 radical (unpaired) electrons. The molecular weight excluding hydrogens is 437 g/mol. The molecule has 164 valence electrons. The molecule has 2 saturated heterocycles. The number of halogens is 2. The molecule has 2 aliphatic heterocycles. The van der Waals surface area contributed by atoms with Gasteiger partial charge in [-0.2, -0.15) is 0 Å². The van der Waals surface area contributed by atoms with Gasteiger partial charge in [0.05, 0.1) is 5.69 Å². The van der Waals surface area contributed by atoms with Gasteiger partial charge in [-0.15, -0.1) is 0 Å². The average molecular weight is 462 g/mol. The number of carbonyl (C=O) groups excluding carboxylic acids is 2. The van der Waals surface area contributed by atoms with E-state index in [0.717, 1.165) is 37.8 Å². The number of benzene rings is 2. The van der Waals surface area contributed by atoms with Crippen molar-refractivity contribution in [2.24, 2.45) is 5.41 Å². The quantitative estimate of drug-likeness (QED) is 0.396. The summed E-state index contributed by atoms with van der Waals surface area (Å²) in [6.45, 7) is 3.08. The van der Waals surface area contributed by atoms with Crippen LogP contribution in [0.2, 0.25) is 10.0 Å². The minimum absolute atomic E-state index is 0.0541. The van der Waals surface area contributed by atoms with E-state index >= 15 is 0 Å². The van der Waals surface area contributed by atoms with Gasteiger partial charge >= 0.3 is 0 Å². The SMILES string of the molecule is Nc1ccc(C(=O)N2CC3(CCN(C(CC=O)c4cc(Cl)cc(Cl)c4)CC3)C2)cc1O. The Morgan fingerprint density at radius 2 is 1.77 bits per heavy atom. The van der Waals surface area contributed by atoms with Gasteiger partial charge in [-0.3, -0.25) is 9.69 Å². The monoisotopic (exact) mass is 461 g/mol. The number of carbonyl (C=O) groups is 2. The number of hydrogen-bond acceptors (Lipinski definition) is 5. The standard InChI is InChI=1S/C23H25Cl2N3O3/c24-17-9-16(10-18(25)12-17)20(3-8-29)27-6-4-23(5-7-27)13-28(14-23)22(31)15-1-2-19(26)21(30)11-15/h1-2,8-12,20,30H,3-7,13-14,26H2. The number of hydrogen-bond donors (Lipinski definition) is 2. The summed E-state index contributed by atoms with van der Waals surface area (Å²) in [4.78, 5) is 28.2. The third kappa shape index (κ3) is 4.52. The van der Waals surface area contributed by atoms with Gasteiger partial charge in [0.25, 0.3) is 5.91 Å². The third-order valence-corrected chi connectivity index (χ3v) is 6.94. The molecule has 2 fully saturated rings. The lowest BCUT2D eigenvalue weighted by Gasteiger charge is -2.54. The van der Waals surface area contributed by atoms with E-state index in [4.69, 9.17) is 28.9 Å². The molecule has 1 unspecified atom stereocenters. The highest BCUT2D eigenvalue weighted by Crippen LogP contribution is 2.43. The summed E-state index contributed by atoms with van der Waals surface area (Å²) in [5.74, 6) is -0.160. The highest BCUT2D eigenvalue weighted by molar-refractivity contribution is 6.34. The first-order valence-electron chi connectivity index (χ1n) is 10.3. The highest BCUT2D eigenvalue weighted by atomic mass is 35.5. The minimum Gasteiger partial charge on any atom is -0.506 e. The number of anilines is 1. The lowest BCUT2D eigenvalue weighted by molar-refractivity contribution is -0.109. The smallest absolute Gasteiger partial charge is 0.254 e. The number of aldehydes is 1. The van der Waals surface area contributed by atoms with Gasteiger partial charge in [-0.1, -0.05) is 23.2 Å². The number of nitrogens with zero attached hydrogens (tertiary/aromatic N) is 2. The first kappa shape index (κ1) is 21.9. The molecule has 1 spiro atoms. The topological polar surface area (TPSA) is 86.9 Å². The van der Waals surface area contributed by atoms with Crippen LogP contribution in [0.1, 0.15) is 41.2 Å². The molecule has 2 aromatic carbocycles. The van der Waals surface area contributed by atoms with Crippen LogP contribution in [0.15, 0.2) is 36.4 Å². The Bertz CT molecular complexity index is 977. The van der Waals surface area contributed by atoms with Crippen LogP contribution in [0.3, 0.4) is 0 Å². The van der Waals surface area contributed by atoms with E-state index in [1.165, 1.54) is 6.07 Å². The zero-order valence-corrected chi connectivity index (χ0v) is 18.6. The second kappa shape index (κ2) is 8.69. The molecule has 0 saturated carbocycles. The van der Waals surface area contributed by atoms with Gasteiger partial charge in [-0.05, 0) is 67.9 Å². The molecule has 31 heavy (non-hydrogen) atoms. The number of piperidine rings is 1. The summed E-state index contributed by atoms with van der Waals surface area (Å²) < 4.78 is 0. The van der Waals surface area contributed by atoms with Crippen molar-refractivity contribution in [3.05, 3.63) is 57.6 Å². The molecule has 3 N–H and O–H groups in total. The van der Waals surface area contributed by atoms with E-state index in [-0.39, 0.29) is 28.8 Å². The molecule has 0 bridgehead atoms. The predicted octanol–water partition coefficient (Wildman–Crippen LogP) is 4.15. The summed E-state index contributed by atoms with van der Waals surface area (Å²) in [6, 6.07) is 10.00. The Labute approximate surface area is 191 Å². The van der Waals surface area contributed by atoms with Gasteiger partial charge in [0.15, 0.2) is 0 Å². The maximum absolute atomic E-state index is 12.7. The molecule has 1 atom stereocenters. The Morgan fingerprint density at radius 3 is 2.35 bits per heavy atom. The van der Waals surface area contributed by atoms with Crippen LogP contribution < -0.4 is 5.73 Å². The van der Waals surface area contributed by atoms with E-state index in [9.17, 15) is 14.7 Å². The predicted molar refractivity (Wildman–Crippen MR) is 122 cm³/mol. The van der Waals surface area contributed by atoms with Gasteiger partial charge in [-0.25, -0.2) is 0 Å². The minimum atomic E-state index is -0.0873. The molecule has 2 heterocycles. The summed E-state index contributed by atoms with van der Waals surface area (Å²) >= 11 is 12.3. The molecule has 8 heteroatoms. The fourth-order valence-electron chi connectivity index (χ4n) is 4.75. The van der Waals surface area contributed by atoms with E-state index in [1.54, 1.807) is 18.2 Å². The van der Waals surface area contributed by atoms with E-state index < -0.39 is 0 Å². The number of phenols is 1. The Hall–Kier alpha value is -2.28. The fraction of sp³-hybridized carbons (Fsp3) is 0.391. The average Bonchev–Trinajstić information content (AvgIpc) is 2.71. The number of nitrogen functional groups attached to an aromatic ring is 1. The lowest BCUT2D eigenvalue weighted by atomic mass is 9.71. The molecular formula is C23H25Cl2N3O3. The van der Waals surface area contributed by atoms with Crippen LogP contribution in [0.4, 0.5) is 5.69 Å². The van der Waals surface area contributed by atoms with Gasteiger partial charge in [0, 0.05) is 46.6 Å². The van der Waals surface area contributed by atoms with Crippen molar-refractivity contribution in [1.82, 2.24) is 9.80 Å². The second-order valence-corrected chi connectivity index (χ2v) is 9.46. The van der Waals surface area contributed by atoms with Gasteiger partial charge in [0.2, 0.25) is 0 Å². The van der Waals surface area contributed by atoms with E-state index in [2.05, 4.69) is 4.90 Å². The van der Waals surface area contributed by atoms with Crippen LogP contribution >= 0.6 is 23.2 Å². The molecule has 0 aliphatic carbocycles. The number of aromatic hydroxyl groups is 1. The van der Waals surface area contributed by atoms with Crippen molar-refractivity contribution in [2.45, 2.75) is 25.3 Å². The third-order valence-electron chi connectivity index (χ3n) is 6.51. The number of likely N-dealkylation sites (tertiary alicyclic amines) is 2. The fourth-order valence-corrected chi connectivity index (χ4v) is 5.29. The molecule has 4 rings (SSSR count). The Morgan fingerprint density at radius 1 is 1.13 bits per heavy atom. The molecule has 1 amide bonds. The van der Waals surface area contributed by atoms with Crippen molar-refractivity contribution in [1.29, 1.82) is 0 Å². The summed E-state index contributed by atoms with van der Waals surface area (Å²) in [5.41, 5.74) is 7.39. The maximum atomic E-state index is 12.7.